The molecule has 0 aromatic heterocycles. The lowest BCUT2D eigenvalue weighted by Gasteiger charge is -2.12. The number of rotatable bonds is 8. The molecule has 0 saturated carbocycles. The highest BCUT2D eigenvalue weighted by molar-refractivity contribution is 14.1. The maximum atomic E-state index is 12.5. The highest BCUT2D eigenvalue weighted by Crippen LogP contribution is 2.30. The van der Waals surface area contributed by atoms with Crippen LogP contribution in [0.25, 0.3) is 6.08 Å². The minimum atomic E-state index is -0.517. The Bertz CT molecular complexity index is 1250. The Morgan fingerprint density at radius 2 is 1.91 bits per heavy atom. The second-order valence-corrected chi connectivity index (χ2v) is 8.00. The third kappa shape index (κ3) is 6.54. The van der Waals surface area contributed by atoms with Gasteiger partial charge in [-0.2, -0.15) is 5.26 Å². The number of amides is 1. The van der Waals surface area contributed by atoms with E-state index in [1.54, 1.807) is 42.5 Å². The monoisotopic (exact) mass is 555 g/mol. The van der Waals surface area contributed by atoms with Crippen molar-refractivity contribution in [3.63, 3.8) is 0 Å². The molecule has 9 heteroatoms. The summed E-state index contributed by atoms with van der Waals surface area (Å²) >= 11 is 2.14. The number of nitrogens with zero attached hydrogens (tertiary/aromatic N) is 2. The molecule has 0 radical (unpaired) electrons. The molecule has 0 atom stereocenters. The number of nitro benzene ring substituents is 1. The van der Waals surface area contributed by atoms with Gasteiger partial charge in [-0.3, -0.25) is 14.9 Å². The summed E-state index contributed by atoms with van der Waals surface area (Å²) in [6, 6.07) is 20.3. The van der Waals surface area contributed by atoms with Gasteiger partial charge in [0.1, 0.15) is 18.2 Å². The van der Waals surface area contributed by atoms with Crippen molar-refractivity contribution in [2.24, 2.45) is 0 Å². The predicted octanol–water partition coefficient (Wildman–Crippen LogP) is 5.33. The summed E-state index contributed by atoms with van der Waals surface area (Å²) < 4.78 is 12.1. The van der Waals surface area contributed by atoms with Crippen LogP contribution in [0.4, 0.5) is 11.4 Å². The number of halogens is 1. The van der Waals surface area contributed by atoms with Gasteiger partial charge in [0.25, 0.3) is 11.6 Å². The molecule has 0 aliphatic heterocycles. The molecule has 33 heavy (non-hydrogen) atoms. The Hall–Kier alpha value is -3.91. The van der Waals surface area contributed by atoms with Crippen LogP contribution in [0.5, 0.6) is 11.5 Å². The van der Waals surface area contributed by atoms with Crippen molar-refractivity contribution < 1.29 is 19.2 Å². The molecule has 0 fully saturated rings. The van der Waals surface area contributed by atoms with Gasteiger partial charge in [0.15, 0.2) is 11.5 Å². The molecule has 3 aromatic carbocycles. The lowest BCUT2D eigenvalue weighted by molar-refractivity contribution is -0.384. The standard InChI is InChI=1S/C24H18IN3O5/c1-32-23-12-17(11-18(14-26)24(29)27-20-4-2-3-19(25)13-20)7-10-22(23)33-15-16-5-8-21(9-6-16)28(30)31/h2-13H,15H2,1H3,(H,27,29)/b18-11+. The number of methoxy groups -OCH3 is 1. The number of hydrogen-bond acceptors (Lipinski definition) is 6. The van der Waals surface area contributed by atoms with E-state index in [2.05, 4.69) is 27.9 Å². The zero-order valence-electron chi connectivity index (χ0n) is 17.4. The van der Waals surface area contributed by atoms with Crippen LogP contribution in [0.2, 0.25) is 0 Å². The molecule has 8 nitrogen and oxygen atoms in total. The molecule has 0 spiro atoms. The zero-order chi connectivity index (χ0) is 23.8. The number of nitrogens with one attached hydrogen (secondary N) is 1. The molecule has 0 heterocycles. The first-order valence-electron chi connectivity index (χ1n) is 9.62. The minimum Gasteiger partial charge on any atom is -0.493 e. The van der Waals surface area contributed by atoms with Gasteiger partial charge < -0.3 is 14.8 Å². The number of non-ortho nitro benzene ring substituents is 1. The van der Waals surface area contributed by atoms with Gasteiger partial charge >= 0.3 is 0 Å². The van der Waals surface area contributed by atoms with E-state index in [1.807, 2.05) is 18.2 Å². The molecule has 1 amide bonds. The van der Waals surface area contributed by atoms with Crippen molar-refractivity contribution in [3.8, 4) is 17.6 Å². The van der Waals surface area contributed by atoms with Crippen molar-refractivity contribution in [1.29, 1.82) is 5.26 Å². The SMILES string of the molecule is COc1cc(/C=C(\C#N)C(=O)Nc2cccc(I)c2)ccc1OCc1ccc([N+](=O)[O-])cc1. The van der Waals surface area contributed by atoms with E-state index in [1.165, 1.54) is 25.3 Å². The summed E-state index contributed by atoms with van der Waals surface area (Å²) in [6.07, 6.45) is 1.46. The number of nitro groups is 1. The maximum absolute atomic E-state index is 12.5. The highest BCUT2D eigenvalue weighted by Gasteiger charge is 2.12. The van der Waals surface area contributed by atoms with E-state index in [-0.39, 0.29) is 17.9 Å². The smallest absolute Gasteiger partial charge is 0.269 e. The molecule has 0 saturated heterocycles. The molecular weight excluding hydrogens is 537 g/mol. The summed E-state index contributed by atoms with van der Waals surface area (Å²) in [5.74, 6) is 0.354. The Labute approximate surface area is 203 Å². The average molecular weight is 555 g/mol. The van der Waals surface area contributed by atoms with E-state index in [0.29, 0.717) is 22.7 Å². The molecule has 3 aromatic rings. The third-order valence-corrected chi connectivity index (χ3v) is 5.16. The normalized spacial score (nSPS) is 10.8. The van der Waals surface area contributed by atoms with Crippen molar-refractivity contribution >= 4 is 45.9 Å². The molecule has 0 aliphatic carbocycles. The highest BCUT2D eigenvalue weighted by atomic mass is 127. The van der Waals surface area contributed by atoms with Crippen LogP contribution in [-0.2, 0) is 11.4 Å². The lowest BCUT2D eigenvalue weighted by Crippen LogP contribution is -2.13. The molecular formula is C24H18IN3O5. The van der Waals surface area contributed by atoms with Crippen molar-refractivity contribution in [2.75, 3.05) is 12.4 Å². The van der Waals surface area contributed by atoms with Crippen LogP contribution < -0.4 is 14.8 Å². The molecule has 0 aliphatic rings. The summed E-state index contributed by atoms with van der Waals surface area (Å²) in [4.78, 5) is 22.8. The van der Waals surface area contributed by atoms with Crippen LogP contribution in [0.1, 0.15) is 11.1 Å². The van der Waals surface area contributed by atoms with Gasteiger partial charge in [-0.15, -0.1) is 0 Å². The fourth-order valence-corrected chi connectivity index (χ4v) is 3.39. The zero-order valence-corrected chi connectivity index (χ0v) is 19.6. The Kier molecular flexibility index (Phi) is 7.99. The van der Waals surface area contributed by atoms with Gasteiger partial charge in [0, 0.05) is 21.4 Å². The quantitative estimate of drug-likeness (QED) is 0.132. The number of nitriles is 1. The first-order valence-corrected chi connectivity index (χ1v) is 10.7. The van der Waals surface area contributed by atoms with Crippen molar-refractivity contribution in [3.05, 3.63) is 97.1 Å². The minimum absolute atomic E-state index is 0.00630. The van der Waals surface area contributed by atoms with Crippen LogP contribution in [-0.4, -0.2) is 17.9 Å². The number of anilines is 1. The van der Waals surface area contributed by atoms with E-state index in [0.717, 1.165) is 9.13 Å². The Morgan fingerprint density at radius 1 is 1.15 bits per heavy atom. The number of hydrogen-bond donors (Lipinski definition) is 1. The van der Waals surface area contributed by atoms with E-state index in [9.17, 15) is 20.2 Å². The molecule has 3 rings (SSSR count). The van der Waals surface area contributed by atoms with Crippen LogP contribution in [0, 0.1) is 25.0 Å². The summed E-state index contributed by atoms with van der Waals surface area (Å²) in [7, 11) is 1.48. The number of carbonyl (C=O) groups is 1. The average Bonchev–Trinajstić information content (AvgIpc) is 2.81. The lowest BCUT2D eigenvalue weighted by atomic mass is 10.1. The van der Waals surface area contributed by atoms with Crippen LogP contribution in [0.3, 0.4) is 0 Å². The number of benzene rings is 3. The van der Waals surface area contributed by atoms with Crippen LogP contribution in [0.15, 0.2) is 72.3 Å². The predicted molar refractivity (Wildman–Crippen MR) is 132 cm³/mol. The van der Waals surface area contributed by atoms with Gasteiger partial charge in [-0.05, 0) is 82.3 Å². The van der Waals surface area contributed by atoms with Gasteiger partial charge in [0.05, 0.1) is 12.0 Å². The topological polar surface area (TPSA) is 114 Å². The van der Waals surface area contributed by atoms with E-state index >= 15 is 0 Å². The Morgan fingerprint density at radius 3 is 2.55 bits per heavy atom. The molecule has 1 N–H and O–H groups in total. The van der Waals surface area contributed by atoms with Gasteiger partial charge in [-0.25, -0.2) is 0 Å². The molecule has 0 bridgehead atoms. The second-order valence-electron chi connectivity index (χ2n) is 6.76. The molecule has 0 unspecified atom stereocenters. The Balaban J connectivity index is 1.73. The van der Waals surface area contributed by atoms with Crippen LogP contribution >= 0.6 is 22.6 Å². The first-order chi connectivity index (χ1) is 15.9. The van der Waals surface area contributed by atoms with Crippen molar-refractivity contribution in [2.45, 2.75) is 6.61 Å². The first kappa shape index (κ1) is 23.7. The number of ether oxygens (including phenoxy) is 2. The van der Waals surface area contributed by atoms with Gasteiger partial charge in [-0.1, -0.05) is 12.1 Å². The fraction of sp³-hybridized carbons (Fsp3) is 0.0833. The van der Waals surface area contributed by atoms with E-state index < -0.39 is 10.8 Å². The van der Waals surface area contributed by atoms with Gasteiger partial charge in [0.2, 0.25) is 0 Å². The summed E-state index contributed by atoms with van der Waals surface area (Å²) in [5, 5.41) is 22.9. The maximum Gasteiger partial charge on any atom is 0.269 e. The van der Waals surface area contributed by atoms with E-state index in [4.69, 9.17) is 9.47 Å². The fourth-order valence-electron chi connectivity index (χ4n) is 2.85. The number of carbonyl (C=O) groups excluding carboxylic acids is 1. The summed E-state index contributed by atoms with van der Waals surface area (Å²) in [5.41, 5.74) is 1.89. The molecule has 166 valence electrons. The van der Waals surface area contributed by atoms with Crippen molar-refractivity contribution in [1.82, 2.24) is 0 Å². The second kappa shape index (κ2) is 11.1. The summed E-state index contributed by atoms with van der Waals surface area (Å²) in [6.45, 7) is 0.186. The third-order valence-electron chi connectivity index (χ3n) is 4.49. The largest absolute Gasteiger partial charge is 0.493 e.